The topological polar surface area (TPSA) is 43.8 Å². The molecule has 12 heavy (non-hydrogen) atoms. The molecule has 0 saturated carbocycles. The monoisotopic (exact) mass is 167 g/mol. The predicted molar refractivity (Wildman–Crippen MR) is 50.1 cm³/mol. The molecule has 0 aromatic carbocycles. The highest BCUT2D eigenvalue weighted by molar-refractivity contribution is 5.07. The Morgan fingerprint density at radius 2 is 2.00 bits per heavy atom. The maximum Gasteiger partial charge on any atom is 0.0642 e. The van der Waals surface area contributed by atoms with E-state index in [1.165, 1.54) is 5.69 Å². The van der Waals surface area contributed by atoms with Crippen molar-refractivity contribution in [2.75, 3.05) is 0 Å². The van der Waals surface area contributed by atoms with Gasteiger partial charge in [0.05, 0.1) is 11.7 Å². The quantitative estimate of drug-likeness (QED) is 0.723. The molecular formula is C9H17N3. The lowest BCUT2D eigenvalue weighted by Crippen LogP contribution is -2.28. The van der Waals surface area contributed by atoms with E-state index >= 15 is 0 Å². The average molecular weight is 167 g/mol. The fourth-order valence-electron chi connectivity index (χ4n) is 1.28. The van der Waals surface area contributed by atoms with E-state index in [1.807, 2.05) is 18.5 Å². The Morgan fingerprint density at radius 3 is 2.33 bits per heavy atom. The molecule has 0 aliphatic rings. The molecule has 0 saturated heterocycles. The Hall–Kier alpha value is -0.830. The van der Waals surface area contributed by atoms with Crippen LogP contribution in [0.1, 0.15) is 31.3 Å². The molecule has 0 aliphatic heterocycles. The molecule has 2 unspecified atom stereocenters. The molecule has 3 heteroatoms. The second-order valence-electron chi connectivity index (χ2n) is 3.47. The molecule has 0 aliphatic carbocycles. The summed E-state index contributed by atoms with van der Waals surface area (Å²) in [4.78, 5) is 0. The van der Waals surface area contributed by atoms with E-state index in [2.05, 4.69) is 25.0 Å². The zero-order valence-electron chi connectivity index (χ0n) is 8.20. The molecule has 3 nitrogen and oxygen atoms in total. The number of hydrogen-bond acceptors (Lipinski definition) is 2. The standard InChI is InChI=1S/C9H17N3/c1-6-5-7(2)12(11-6)9(4)8(3)10/h5,8-9H,10H2,1-4H3. The molecule has 1 rings (SSSR count). The third kappa shape index (κ3) is 1.67. The van der Waals surface area contributed by atoms with Crippen LogP contribution >= 0.6 is 0 Å². The first-order valence-corrected chi connectivity index (χ1v) is 4.30. The van der Waals surface area contributed by atoms with Gasteiger partial charge < -0.3 is 5.73 Å². The largest absolute Gasteiger partial charge is 0.326 e. The second kappa shape index (κ2) is 3.27. The third-order valence-corrected chi connectivity index (χ3v) is 2.19. The van der Waals surface area contributed by atoms with Crippen LogP contribution in [-0.2, 0) is 0 Å². The summed E-state index contributed by atoms with van der Waals surface area (Å²) in [7, 11) is 0. The van der Waals surface area contributed by atoms with Crippen molar-refractivity contribution in [3.63, 3.8) is 0 Å². The molecule has 0 bridgehead atoms. The van der Waals surface area contributed by atoms with Gasteiger partial charge in [-0.1, -0.05) is 0 Å². The second-order valence-corrected chi connectivity index (χ2v) is 3.47. The van der Waals surface area contributed by atoms with Crippen molar-refractivity contribution in [1.29, 1.82) is 0 Å². The van der Waals surface area contributed by atoms with Crippen molar-refractivity contribution in [2.45, 2.75) is 39.8 Å². The van der Waals surface area contributed by atoms with Gasteiger partial charge in [0, 0.05) is 11.7 Å². The van der Waals surface area contributed by atoms with E-state index in [0.29, 0.717) is 0 Å². The lowest BCUT2D eigenvalue weighted by Gasteiger charge is -2.17. The predicted octanol–water partition coefficient (Wildman–Crippen LogP) is 1.41. The van der Waals surface area contributed by atoms with Gasteiger partial charge in [-0.3, -0.25) is 4.68 Å². The Kier molecular flexibility index (Phi) is 2.52. The van der Waals surface area contributed by atoms with E-state index in [4.69, 9.17) is 5.73 Å². The lowest BCUT2D eigenvalue weighted by molar-refractivity contribution is 0.416. The van der Waals surface area contributed by atoms with Crippen LogP contribution in [0.15, 0.2) is 6.07 Å². The van der Waals surface area contributed by atoms with Crippen molar-refractivity contribution in [1.82, 2.24) is 9.78 Å². The summed E-state index contributed by atoms with van der Waals surface area (Å²) in [5, 5.41) is 4.37. The molecule has 1 aromatic rings. The summed E-state index contributed by atoms with van der Waals surface area (Å²) in [5.41, 5.74) is 8.02. The first-order valence-electron chi connectivity index (χ1n) is 4.30. The normalized spacial score (nSPS) is 16.1. The van der Waals surface area contributed by atoms with Gasteiger partial charge >= 0.3 is 0 Å². The van der Waals surface area contributed by atoms with Crippen LogP contribution in [0.25, 0.3) is 0 Å². The maximum absolute atomic E-state index is 5.79. The fourth-order valence-corrected chi connectivity index (χ4v) is 1.28. The SMILES string of the molecule is Cc1cc(C)n(C(C)C(C)N)n1. The molecule has 1 aromatic heterocycles. The fraction of sp³-hybridized carbons (Fsp3) is 0.667. The highest BCUT2D eigenvalue weighted by Gasteiger charge is 2.12. The number of nitrogens with two attached hydrogens (primary N) is 1. The van der Waals surface area contributed by atoms with Crippen LogP contribution < -0.4 is 5.73 Å². The number of nitrogens with zero attached hydrogens (tertiary/aromatic N) is 2. The molecule has 2 atom stereocenters. The summed E-state index contributed by atoms with van der Waals surface area (Å²) in [6.45, 7) is 8.14. The Bertz CT molecular complexity index is 263. The van der Waals surface area contributed by atoms with Gasteiger partial charge in [0.15, 0.2) is 0 Å². The van der Waals surface area contributed by atoms with E-state index in [1.54, 1.807) is 0 Å². The minimum atomic E-state index is 0.142. The number of aromatic nitrogens is 2. The number of aryl methyl sites for hydroxylation is 2. The summed E-state index contributed by atoms with van der Waals surface area (Å²) < 4.78 is 1.99. The minimum absolute atomic E-state index is 0.142. The van der Waals surface area contributed by atoms with Crippen LogP contribution in [0, 0.1) is 13.8 Å². The van der Waals surface area contributed by atoms with Crippen LogP contribution in [-0.4, -0.2) is 15.8 Å². The first kappa shape index (κ1) is 9.26. The molecule has 1 heterocycles. The Balaban J connectivity index is 2.94. The van der Waals surface area contributed by atoms with Gasteiger partial charge in [-0.2, -0.15) is 5.10 Å². The van der Waals surface area contributed by atoms with Gasteiger partial charge in [0.2, 0.25) is 0 Å². The number of rotatable bonds is 2. The molecule has 0 spiro atoms. The van der Waals surface area contributed by atoms with E-state index in [-0.39, 0.29) is 12.1 Å². The van der Waals surface area contributed by atoms with E-state index in [0.717, 1.165) is 5.69 Å². The van der Waals surface area contributed by atoms with E-state index in [9.17, 15) is 0 Å². The lowest BCUT2D eigenvalue weighted by atomic mass is 10.2. The maximum atomic E-state index is 5.79. The van der Waals surface area contributed by atoms with Crippen molar-refractivity contribution in [2.24, 2.45) is 5.73 Å². The van der Waals surface area contributed by atoms with Crippen LogP contribution in [0.5, 0.6) is 0 Å². The van der Waals surface area contributed by atoms with Gasteiger partial charge in [0.1, 0.15) is 0 Å². The Morgan fingerprint density at radius 1 is 1.42 bits per heavy atom. The van der Waals surface area contributed by atoms with Crippen LogP contribution in [0.3, 0.4) is 0 Å². The molecule has 0 amide bonds. The first-order chi connectivity index (χ1) is 5.52. The summed E-state index contributed by atoms with van der Waals surface area (Å²) >= 11 is 0. The average Bonchev–Trinajstić information content (AvgIpc) is 2.28. The third-order valence-electron chi connectivity index (χ3n) is 2.19. The zero-order valence-corrected chi connectivity index (χ0v) is 8.20. The smallest absolute Gasteiger partial charge is 0.0642 e. The molecular weight excluding hydrogens is 150 g/mol. The molecule has 2 N–H and O–H groups in total. The highest BCUT2D eigenvalue weighted by atomic mass is 15.3. The highest BCUT2D eigenvalue weighted by Crippen LogP contribution is 2.12. The summed E-state index contributed by atoms with van der Waals surface area (Å²) in [5.74, 6) is 0. The summed E-state index contributed by atoms with van der Waals surface area (Å²) in [6, 6.07) is 2.49. The zero-order chi connectivity index (χ0) is 9.30. The van der Waals surface area contributed by atoms with Crippen molar-refractivity contribution in [3.8, 4) is 0 Å². The molecule has 68 valence electrons. The molecule has 0 radical (unpaired) electrons. The van der Waals surface area contributed by atoms with E-state index < -0.39 is 0 Å². The van der Waals surface area contributed by atoms with Gasteiger partial charge in [-0.15, -0.1) is 0 Å². The Labute approximate surface area is 73.6 Å². The number of hydrogen-bond donors (Lipinski definition) is 1. The van der Waals surface area contributed by atoms with Gasteiger partial charge in [-0.25, -0.2) is 0 Å². The van der Waals surface area contributed by atoms with Gasteiger partial charge in [0.25, 0.3) is 0 Å². The minimum Gasteiger partial charge on any atom is -0.326 e. The van der Waals surface area contributed by atoms with Crippen molar-refractivity contribution >= 4 is 0 Å². The van der Waals surface area contributed by atoms with Crippen molar-refractivity contribution in [3.05, 3.63) is 17.5 Å². The van der Waals surface area contributed by atoms with Crippen LogP contribution in [0.2, 0.25) is 0 Å². The summed E-state index contributed by atoms with van der Waals surface area (Å²) in [6.07, 6.45) is 0. The van der Waals surface area contributed by atoms with Crippen molar-refractivity contribution < 1.29 is 0 Å². The van der Waals surface area contributed by atoms with Crippen LogP contribution in [0.4, 0.5) is 0 Å². The van der Waals surface area contributed by atoms with Gasteiger partial charge in [-0.05, 0) is 33.8 Å². The molecule has 0 fully saturated rings.